The zero-order valence-corrected chi connectivity index (χ0v) is 13.9. The zero-order chi connectivity index (χ0) is 17.1. The molecule has 0 aromatic heterocycles. The molecular weight excluding hydrogens is 328 g/mol. The van der Waals surface area contributed by atoms with Gasteiger partial charge in [0, 0.05) is 17.6 Å². The molecule has 0 saturated carbocycles. The molecule has 1 aliphatic rings. The van der Waals surface area contributed by atoms with Gasteiger partial charge in [-0.25, -0.2) is 0 Å². The molecule has 1 aliphatic heterocycles. The topological polar surface area (TPSA) is 67.4 Å². The van der Waals surface area contributed by atoms with E-state index in [2.05, 4.69) is 10.6 Å². The highest BCUT2D eigenvalue weighted by Crippen LogP contribution is 2.34. The quantitative estimate of drug-likeness (QED) is 0.898. The number of carbonyl (C=O) groups is 2. The Morgan fingerprint density at radius 1 is 1.21 bits per heavy atom. The van der Waals surface area contributed by atoms with Crippen LogP contribution in [0.3, 0.4) is 0 Å². The maximum Gasteiger partial charge on any atom is 0.253 e. The van der Waals surface area contributed by atoms with E-state index in [-0.39, 0.29) is 17.7 Å². The Balaban J connectivity index is 1.89. The Kier molecular flexibility index (Phi) is 4.71. The van der Waals surface area contributed by atoms with E-state index in [9.17, 15) is 9.59 Å². The van der Waals surface area contributed by atoms with Crippen LogP contribution in [0.5, 0.6) is 5.75 Å². The maximum absolute atomic E-state index is 12.8. The van der Waals surface area contributed by atoms with E-state index in [0.29, 0.717) is 29.3 Å². The number of hydrogen-bond donors (Lipinski definition) is 2. The highest BCUT2D eigenvalue weighted by molar-refractivity contribution is 6.31. The SMILES string of the molecule is CNC(=O)c1ccc(Cl)cc1NC(=O)[C@H]1CCOc2ccccc21. The Morgan fingerprint density at radius 3 is 2.79 bits per heavy atom. The van der Waals surface area contributed by atoms with E-state index in [1.807, 2.05) is 24.3 Å². The second-order valence-corrected chi connectivity index (χ2v) is 5.92. The third-order valence-corrected chi connectivity index (χ3v) is 4.22. The predicted molar refractivity (Wildman–Crippen MR) is 92.8 cm³/mol. The Bertz CT molecular complexity index is 792. The molecule has 2 N–H and O–H groups in total. The molecule has 124 valence electrons. The number of para-hydroxylation sites is 1. The first kappa shape index (κ1) is 16.3. The molecule has 0 radical (unpaired) electrons. The Labute approximate surface area is 145 Å². The summed E-state index contributed by atoms with van der Waals surface area (Å²) in [5.41, 5.74) is 1.62. The summed E-state index contributed by atoms with van der Waals surface area (Å²) >= 11 is 6.01. The fourth-order valence-corrected chi connectivity index (χ4v) is 2.96. The number of nitrogens with one attached hydrogen (secondary N) is 2. The minimum atomic E-state index is -0.327. The summed E-state index contributed by atoms with van der Waals surface area (Å²) in [6.45, 7) is 0.479. The molecule has 5 nitrogen and oxygen atoms in total. The summed E-state index contributed by atoms with van der Waals surface area (Å²) in [6, 6.07) is 12.3. The zero-order valence-electron chi connectivity index (χ0n) is 13.1. The van der Waals surface area contributed by atoms with E-state index in [1.54, 1.807) is 18.2 Å². The summed E-state index contributed by atoms with van der Waals surface area (Å²) in [4.78, 5) is 24.7. The third kappa shape index (κ3) is 3.21. The fraction of sp³-hybridized carbons (Fsp3) is 0.222. The average Bonchev–Trinajstić information content (AvgIpc) is 2.60. The van der Waals surface area contributed by atoms with Crippen LogP contribution in [-0.4, -0.2) is 25.5 Å². The number of rotatable bonds is 3. The van der Waals surface area contributed by atoms with E-state index < -0.39 is 0 Å². The van der Waals surface area contributed by atoms with E-state index >= 15 is 0 Å². The summed E-state index contributed by atoms with van der Waals surface area (Å²) in [6.07, 6.45) is 0.582. The third-order valence-electron chi connectivity index (χ3n) is 3.99. The van der Waals surface area contributed by atoms with Crippen LogP contribution in [0.4, 0.5) is 5.69 Å². The van der Waals surface area contributed by atoms with Gasteiger partial charge in [-0.1, -0.05) is 29.8 Å². The lowest BCUT2D eigenvalue weighted by Gasteiger charge is -2.25. The highest BCUT2D eigenvalue weighted by atomic mass is 35.5. The average molecular weight is 345 g/mol. The van der Waals surface area contributed by atoms with Gasteiger partial charge in [-0.3, -0.25) is 9.59 Å². The number of halogens is 1. The molecule has 2 aromatic rings. The number of hydrogen-bond acceptors (Lipinski definition) is 3. The molecule has 6 heteroatoms. The molecule has 0 aliphatic carbocycles. The number of ether oxygens (including phenoxy) is 1. The standard InChI is InChI=1S/C18H17ClN2O3/c1-20-17(22)14-7-6-11(19)10-15(14)21-18(23)13-8-9-24-16-5-3-2-4-12(13)16/h2-7,10,13H,8-9H2,1H3,(H,20,22)(H,21,23)/t13-/m0/s1. The van der Waals surface area contributed by atoms with Gasteiger partial charge >= 0.3 is 0 Å². The van der Waals surface area contributed by atoms with Gasteiger partial charge in [0.05, 0.1) is 23.8 Å². The van der Waals surface area contributed by atoms with Crippen molar-refractivity contribution in [3.63, 3.8) is 0 Å². The molecule has 2 amide bonds. The molecule has 1 atom stereocenters. The van der Waals surface area contributed by atoms with Gasteiger partial charge < -0.3 is 15.4 Å². The molecule has 1 heterocycles. The van der Waals surface area contributed by atoms with Crippen LogP contribution in [-0.2, 0) is 4.79 Å². The molecule has 0 bridgehead atoms. The molecule has 0 spiro atoms. The van der Waals surface area contributed by atoms with Crippen LogP contribution < -0.4 is 15.4 Å². The Morgan fingerprint density at radius 2 is 2.00 bits per heavy atom. The monoisotopic (exact) mass is 344 g/mol. The molecule has 3 rings (SSSR count). The summed E-state index contributed by atoms with van der Waals surface area (Å²) in [5.74, 6) is -0.0690. The number of carbonyl (C=O) groups excluding carboxylic acids is 2. The van der Waals surface area contributed by atoms with Gasteiger partial charge in [-0.05, 0) is 30.7 Å². The molecule has 0 saturated heterocycles. The first-order valence-corrected chi connectivity index (χ1v) is 8.02. The number of anilines is 1. The number of fused-ring (bicyclic) bond motifs is 1. The fourth-order valence-electron chi connectivity index (χ4n) is 2.79. The second-order valence-electron chi connectivity index (χ2n) is 5.49. The normalized spacial score (nSPS) is 15.8. The number of benzene rings is 2. The lowest BCUT2D eigenvalue weighted by atomic mass is 9.92. The summed E-state index contributed by atoms with van der Waals surface area (Å²) in [7, 11) is 1.54. The minimum absolute atomic E-state index is 0.182. The minimum Gasteiger partial charge on any atom is -0.493 e. The van der Waals surface area contributed by atoms with Gasteiger partial charge in [-0.2, -0.15) is 0 Å². The van der Waals surface area contributed by atoms with Crippen LogP contribution in [0, 0.1) is 0 Å². The van der Waals surface area contributed by atoms with Crippen molar-refractivity contribution >= 4 is 29.1 Å². The summed E-state index contributed by atoms with van der Waals surface area (Å²) < 4.78 is 5.59. The van der Waals surface area contributed by atoms with Crippen molar-refractivity contribution in [3.8, 4) is 5.75 Å². The first-order chi connectivity index (χ1) is 11.6. The highest BCUT2D eigenvalue weighted by Gasteiger charge is 2.28. The van der Waals surface area contributed by atoms with Crippen LogP contribution in [0.1, 0.15) is 28.3 Å². The van der Waals surface area contributed by atoms with Gasteiger partial charge in [0.25, 0.3) is 5.91 Å². The van der Waals surface area contributed by atoms with E-state index in [1.165, 1.54) is 7.05 Å². The molecular formula is C18H17ClN2O3. The van der Waals surface area contributed by atoms with Crippen molar-refractivity contribution < 1.29 is 14.3 Å². The largest absolute Gasteiger partial charge is 0.493 e. The van der Waals surface area contributed by atoms with Crippen LogP contribution >= 0.6 is 11.6 Å². The van der Waals surface area contributed by atoms with Gasteiger partial charge in [-0.15, -0.1) is 0 Å². The smallest absolute Gasteiger partial charge is 0.253 e. The van der Waals surface area contributed by atoms with Crippen molar-refractivity contribution in [3.05, 3.63) is 58.6 Å². The van der Waals surface area contributed by atoms with E-state index in [0.717, 1.165) is 11.3 Å². The first-order valence-electron chi connectivity index (χ1n) is 7.64. The number of amides is 2. The van der Waals surface area contributed by atoms with Crippen LogP contribution in [0.2, 0.25) is 5.02 Å². The van der Waals surface area contributed by atoms with E-state index in [4.69, 9.17) is 16.3 Å². The predicted octanol–water partition coefficient (Wildman–Crippen LogP) is 3.20. The van der Waals surface area contributed by atoms with Gasteiger partial charge in [0.15, 0.2) is 0 Å². The van der Waals surface area contributed by atoms with Gasteiger partial charge in [0.1, 0.15) is 5.75 Å². The lowest BCUT2D eigenvalue weighted by Crippen LogP contribution is -2.28. The van der Waals surface area contributed by atoms with Crippen LogP contribution in [0.25, 0.3) is 0 Å². The van der Waals surface area contributed by atoms with Crippen molar-refractivity contribution in [1.29, 1.82) is 0 Å². The van der Waals surface area contributed by atoms with Crippen molar-refractivity contribution in [2.75, 3.05) is 19.0 Å². The van der Waals surface area contributed by atoms with Crippen molar-refractivity contribution in [1.82, 2.24) is 5.32 Å². The summed E-state index contributed by atoms with van der Waals surface area (Å²) in [5, 5.41) is 5.84. The van der Waals surface area contributed by atoms with Crippen molar-refractivity contribution in [2.45, 2.75) is 12.3 Å². The lowest BCUT2D eigenvalue weighted by molar-refractivity contribution is -0.118. The molecule has 0 fully saturated rings. The van der Waals surface area contributed by atoms with Gasteiger partial charge in [0.2, 0.25) is 5.91 Å². The van der Waals surface area contributed by atoms with Crippen LogP contribution in [0.15, 0.2) is 42.5 Å². The molecule has 0 unspecified atom stereocenters. The van der Waals surface area contributed by atoms with Crippen molar-refractivity contribution in [2.24, 2.45) is 0 Å². The maximum atomic E-state index is 12.8. The second kappa shape index (κ2) is 6.93. The molecule has 24 heavy (non-hydrogen) atoms. The molecule has 2 aromatic carbocycles. The Hall–Kier alpha value is -2.53.